The van der Waals surface area contributed by atoms with Crippen molar-refractivity contribution in [1.82, 2.24) is 0 Å². The lowest BCUT2D eigenvalue weighted by atomic mass is 9.96. The van der Waals surface area contributed by atoms with Gasteiger partial charge in [0, 0.05) is 6.04 Å². The van der Waals surface area contributed by atoms with E-state index in [9.17, 15) is 9.90 Å². The van der Waals surface area contributed by atoms with E-state index in [1.165, 1.54) is 12.1 Å². The molecule has 0 aliphatic rings. The highest BCUT2D eigenvalue weighted by Gasteiger charge is 2.14. The molecule has 0 aromatic heterocycles. The second kappa shape index (κ2) is 6.47. The van der Waals surface area contributed by atoms with Crippen LogP contribution in [0.5, 0.6) is 5.75 Å². The Kier molecular flexibility index (Phi) is 5.99. The molecule has 0 unspecified atom stereocenters. The minimum Gasteiger partial charge on any atom is -0.507 e. The fourth-order valence-electron chi connectivity index (χ4n) is 1.60. The molecule has 0 radical (unpaired) electrons. The Balaban J connectivity index is 0.00000256. The molecule has 0 saturated heterocycles. The molecule has 0 saturated carbocycles. The van der Waals surface area contributed by atoms with Gasteiger partial charge in [0.05, 0.1) is 0 Å². The lowest BCUT2D eigenvalue weighted by Crippen LogP contribution is -2.13. The molecule has 5 heteroatoms. The summed E-state index contributed by atoms with van der Waals surface area (Å²) < 4.78 is 0. The largest absolute Gasteiger partial charge is 0.507 e. The first-order valence-electron chi connectivity index (χ1n) is 5.23. The van der Waals surface area contributed by atoms with Crippen LogP contribution >= 0.6 is 12.4 Å². The van der Waals surface area contributed by atoms with Crippen molar-refractivity contribution in [2.45, 2.75) is 26.3 Å². The van der Waals surface area contributed by atoms with Crippen molar-refractivity contribution in [3.8, 4) is 5.75 Å². The Bertz CT molecular complexity index is 393. The van der Waals surface area contributed by atoms with Crippen LogP contribution in [0.2, 0.25) is 0 Å². The third-order valence-electron chi connectivity index (χ3n) is 2.40. The van der Waals surface area contributed by atoms with E-state index in [1.807, 2.05) is 0 Å². The number of halogens is 1. The number of carboxylic acids is 1. The summed E-state index contributed by atoms with van der Waals surface area (Å²) in [4.78, 5) is 10.8. The SMILES string of the molecule is CC(C)C[C@@H](N)c1ccc(O)c(C(=O)O)c1.Cl. The molecule has 1 rings (SSSR count). The summed E-state index contributed by atoms with van der Waals surface area (Å²) in [7, 11) is 0. The van der Waals surface area contributed by atoms with E-state index in [-0.39, 0.29) is 29.8 Å². The van der Waals surface area contributed by atoms with E-state index in [1.54, 1.807) is 6.07 Å². The van der Waals surface area contributed by atoms with Gasteiger partial charge in [-0.2, -0.15) is 0 Å². The van der Waals surface area contributed by atoms with E-state index in [0.29, 0.717) is 5.92 Å². The van der Waals surface area contributed by atoms with Crippen LogP contribution < -0.4 is 5.73 Å². The summed E-state index contributed by atoms with van der Waals surface area (Å²) in [6.07, 6.45) is 0.782. The number of aromatic hydroxyl groups is 1. The van der Waals surface area contributed by atoms with Crippen LogP contribution in [0.25, 0.3) is 0 Å². The van der Waals surface area contributed by atoms with E-state index in [2.05, 4.69) is 13.8 Å². The van der Waals surface area contributed by atoms with Gasteiger partial charge in [-0.25, -0.2) is 4.79 Å². The number of carbonyl (C=O) groups is 1. The average molecular weight is 260 g/mol. The molecule has 0 spiro atoms. The van der Waals surface area contributed by atoms with Crippen LogP contribution in [0.3, 0.4) is 0 Å². The Morgan fingerprint density at radius 2 is 2.00 bits per heavy atom. The zero-order chi connectivity index (χ0) is 12.3. The van der Waals surface area contributed by atoms with E-state index < -0.39 is 5.97 Å². The van der Waals surface area contributed by atoms with Crippen molar-refractivity contribution >= 4 is 18.4 Å². The number of hydrogen-bond acceptors (Lipinski definition) is 3. The fraction of sp³-hybridized carbons (Fsp3) is 0.417. The predicted octanol–water partition coefficient (Wildman–Crippen LogP) is 2.56. The predicted molar refractivity (Wildman–Crippen MR) is 68.7 cm³/mol. The molecule has 1 atom stereocenters. The Morgan fingerprint density at radius 1 is 1.41 bits per heavy atom. The van der Waals surface area contributed by atoms with Gasteiger partial charge in [-0.05, 0) is 30.0 Å². The maximum atomic E-state index is 10.8. The van der Waals surface area contributed by atoms with Crippen LogP contribution in [0.4, 0.5) is 0 Å². The van der Waals surface area contributed by atoms with Crippen LogP contribution in [-0.4, -0.2) is 16.2 Å². The Morgan fingerprint density at radius 3 is 2.47 bits per heavy atom. The molecule has 0 aliphatic heterocycles. The van der Waals surface area contributed by atoms with Crippen LogP contribution in [0.1, 0.15) is 42.2 Å². The number of aromatic carboxylic acids is 1. The van der Waals surface area contributed by atoms with Gasteiger partial charge in [-0.1, -0.05) is 19.9 Å². The van der Waals surface area contributed by atoms with Crippen molar-refractivity contribution in [2.24, 2.45) is 11.7 Å². The number of phenols is 1. The Labute approximate surface area is 107 Å². The van der Waals surface area contributed by atoms with Crippen molar-refractivity contribution in [1.29, 1.82) is 0 Å². The van der Waals surface area contributed by atoms with Crippen LogP contribution in [-0.2, 0) is 0 Å². The quantitative estimate of drug-likeness (QED) is 0.776. The third-order valence-corrected chi connectivity index (χ3v) is 2.40. The summed E-state index contributed by atoms with van der Waals surface area (Å²) in [5.41, 5.74) is 6.58. The van der Waals surface area contributed by atoms with Gasteiger partial charge in [0.2, 0.25) is 0 Å². The van der Waals surface area contributed by atoms with Crippen molar-refractivity contribution < 1.29 is 15.0 Å². The summed E-state index contributed by atoms with van der Waals surface area (Å²) in [6.45, 7) is 4.11. The highest BCUT2D eigenvalue weighted by molar-refractivity contribution is 5.90. The monoisotopic (exact) mass is 259 g/mol. The molecular formula is C12H18ClNO3. The van der Waals surface area contributed by atoms with Gasteiger partial charge < -0.3 is 15.9 Å². The first-order valence-corrected chi connectivity index (χ1v) is 5.23. The molecule has 4 N–H and O–H groups in total. The summed E-state index contributed by atoms with van der Waals surface area (Å²) in [5, 5.41) is 18.2. The van der Waals surface area contributed by atoms with E-state index >= 15 is 0 Å². The van der Waals surface area contributed by atoms with Gasteiger partial charge in [0.25, 0.3) is 0 Å². The first kappa shape index (κ1) is 15.7. The molecule has 0 heterocycles. The van der Waals surface area contributed by atoms with Gasteiger partial charge in [0.1, 0.15) is 11.3 Å². The summed E-state index contributed by atoms with van der Waals surface area (Å²) >= 11 is 0. The van der Waals surface area contributed by atoms with Gasteiger partial charge >= 0.3 is 5.97 Å². The summed E-state index contributed by atoms with van der Waals surface area (Å²) in [5.74, 6) is -0.929. The van der Waals surface area contributed by atoms with Crippen molar-refractivity contribution in [2.75, 3.05) is 0 Å². The zero-order valence-electron chi connectivity index (χ0n) is 9.88. The number of hydrogen-bond donors (Lipinski definition) is 3. The first-order chi connectivity index (χ1) is 7.41. The van der Waals surface area contributed by atoms with Crippen molar-refractivity contribution in [3.05, 3.63) is 29.3 Å². The number of rotatable bonds is 4. The van der Waals surface area contributed by atoms with Crippen molar-refractivity contribution in [3.63, 3.8) is 0 Å². The smallest absolute Gasteiger partial charge is 0.339 e. The number of benzene rings is 1. The molecule has 0 bridgehead atoms. The van der Waals surface area contributed by atoms with Gasteiger partial charge in [-0.3, -0.25) is 0 Å². The fourth-order valence-corrected chi connectivity index (χ4v) is 1.60. The molecule has 1 aromatic carbocycles. The Hall–Kier alpha value is -1.26. The number of nitrogens with two attached hydrogens (primary N) is 1. The highest BCUT2D eigenvalue weighted by atomic mass is 35.5. The molecule has 0 amide bonds. The van der Waals surface area contributed by atoms with Crippen LogP contribution in [0, 0.1) is 5.92 Å². The molecule has 0 fully saturated rings. The minimum atomic E-state index is -1.14. The zero-order valence-corrected chi connectivity index (χ0v) is 10.7. The minimum absolute atomic E-state index is 0. The molecular weight excluding hydrogens is 242 g/mol. The van der Waals surface area contributed by atoms with E-state index in [0.717, 1.165) is 12.0 Å². The van der Waals surface area contributed by atoms with E-state index in [4.69, 9.17) is 10.8 Å². The molecule has 1 aromatic rings. The number of carboxylic acid groups (broad SMARTS) is 1. The highest BCUT2D eigenvalue weighted by Crippen LogP contribution is 2.24. The molecule has 96 valence electrons. The summed E-state index contributed by atoms with van der Waals surface area (Å²) in [6, 6.07) is 4.28. The molecule has 17 heavy (non-hydrogen) atoms. The normalized spacial score (nSPS) is 12.0. The standard InChI is InChI=1S/C12H17NO3.ClH/c1-7(2)5-10(13)8-3-4-11(14)9(6-8)12(15)16;/h3-4,6-7,10,14H,5,13H2,1-2H3,(H,15,16);1H/t10-;/m1./s1. The lowest BCUT2D eigenvalue weighted by Gasteiger charge is -2.15. The maximum Gasteiger partial charge on any atom is 0.339 e. The lowest BCUT2D eigenvalue weighted by molar-refractivity contribution is 0.0693. The topological polar surface area (TPSA) is 83.5 Å². The van der Waals surface area contributed by atoms with Gasteiger partial charge in [0.15, 0.2) is 0 Å². The molecule has 0 aliphatic carbocycles. The van der Waals surface area contributed by atoms with Gasteiger partial charge in [-0.15, -0.1) is 12.4 Å². The molecule has 4 nitrogen and oxygen atoms in total. The van der Waals surface area contributed by atoms with Crippen LogP contribution in [0.15, 0.2) is 18.2 Å². The second-order valence-electron chi connectivity index (χ2n) is 4.32. The second-order valence-corrected chi connectivity index (χ2v) is 4.32. The average Bonchev–Trinajstić information content (AvgIpc) is 2.16. The maximum absolute atomic E-state index is 10.8. The third kappa shape index (κ3) is 4.24.